The van der Waals surface area contributed by atoms with Crippen LogP contribution in [0.5, 0.6) is 0 Å². The van der Waals surface area contributed by atoms with E-state index in [0.717, 1.165) is 5.52 Å². The Hall–Kier alpha value is -3.12. The molecule has 4 rings (SSSR count). The Balaban J connectivity index is 1.82. The second-order valence-electron chi connectivity index (χ2n) is 5.16. The first-order valence-corrected chi connectivity index (χ1v) is 7.49. The standard InChI is InChI=1S/C17H10ClN3O3/c18-11-6-7-14-12(8-11)15-13(9-19-14)16(22)21(20-15)24-17(23)10-4-2-1-3-5-10/h1-9,19H. The van der Waals surface area contributed by atoms with Gasteiger partial charge in [0.05, 0.1) is 11.1 Å². The predicted octanol–water partition coefficient (Wildman–Crippen LogP) is 2.75. The van der Waals surface area contributed by atoms with E-state index in [2.05, 4.69) is 10.1 Å². The summed E-state index contributed by atoms with van der Waals surface area (Å²) in [5, 5.41) is 5.32. The molecule has 6 nitrogen and oxygen atoms in total. The van der Waals surface area contributed by atoms with Crippen LogP contribution in [0.2, 0.25) is 5.02 Å². The van der Waals surface area contributed by atoms with Crippen LogP contribution in [-0.2, 0) is 0 Å². The number of pyridine rings is 1. The summed E-state index contributed by atoms with van der Waals surface area (Å²) in [6, 6.07) is 13.6. The Bertz CT molecular complexity index is 1090. The summed E-state index contributed by atoms with van der Waals surface area (Å²) in [5.74, 6) is -0.660. The van der Waals surface area contributed by atoms with Gasteiger partial charge in [-0.05, 0) is 35.2 Å². The van der Waals surface area contributed by atoms with Gasteiger partial charge in [0.25, 0.3) is 0 Å². The molecule has 0 aromatic heterocycles. The van der Waals surface area contributed by atoms with Crippen molar-refractivity contribution in [3.63, 3.8) is 0 Å². The third kappa shape index (κ3) is 2.33. The van der Waals surface area contributed by atoms with Crippen molar-refractivity contribution in [3.05, 3.63) is 75.7 Å². The number of carbonyl (C=O) groups is 1. The molecular formula is C17H10ClN3O3. The van der Waals surface area contributed by atoms with Gasteiger partial charge in [-0.3, -0.25) is 4.79 Å². The molecule has 0 fully saturated rings. The molecule has 2 aliphatic rings. The number of benzene rings is 2. The lowest BCUT2D eigenvalue weighted by molar-refractivity contribution is 0.0379. The molecule has 24 heavy (non-hydrogen) atoms. The topological polar surface area (TPSA) is 77.0 Å². The maximum absolute atomic E-state index is 12.4. The van der Waals surface area contributed by atoms with Crippen LogP contribution in [-0.4, -0.2) is 20.9 Å². The molecule has 0 saturated heterocycles. The zero-order valence-corrected chi connectivity index (χ0v) is 12.9. The maximum atomic E-state index is 12.4. The summed E-state index contributed by atoms with van der Waals surface area (Å²) in [5.41, 5.74) is 1.30. The van der Waals surface area contributed by atoms with Gasteiger partial charge in [-0.25, -0.2) is 4.79 Å². The van der Waals surface area contributed by atoms with Crippen molar-refractivity contribution in [1.29, 1.82) is 0 Å². The Morgan fingerprint density at radius 2 is 1.96 bits per heavy atom. The van der Waals surface area contributed by atoms with Crippen LogP contribution in [0.4, 0.5) is 0 Å². The van der Waals surface area contributed by atoms with Gasteiger partial charge in [-0.15, -0.1) is 5.10 Å². The molecule has 2 heterocycles. The van der Waals surface area contributed by atoms with E-state index in [1.807, 2.05) is 0 Å². The first kappa shape index (κ1) is 14.5. The van der Waals surface area contributed by atoms with Gasteiger partial charge in [0.2, 0.25) is 0 Å². The number of H-pyrrole nitrogens is 1. The summed E-state index contributed by atoms with van der Waals surface area (Å²) in [6.07, 6.45) is 1.54. The van der Waals surface area contributed by atoms with Crippen LogP contribution in [0.3, 0.4) is 0 Å². The Kier molecular flexibility index (Phi) is 3.32. The van der Waals surface area contributed by atoms with Crippen molar-refractivity contribution in [2.24, 2.45) is 0 Å². The van der Waals surface area contributed by atoms with E-state index in [1.54, 1.807) is 48.5 Å². The van der Waals surface area contributed by atoms with Gasteiger partial charge in [-0.2, -0.15) is 0 Å². The summed E-state index contributed by atoms with van der Waals surface area (Å²) in [7, 11) is 0. The molecule has 0 saturated carbocycles. The third-order valence-electron chi connectivity index (χ3n) is 3.64. The monoisotopic (exact) mass is 339 g/mol. The van der Waals surface area contributed by atoms with Crippen molar-refractivity contribution in [2.45, 2.75) is 0 Å². The highest BCUT2D eigenvalue weighted by molar-refractivity contribution is 6.31. The minimum absolute atomic E-state index is 0.311. The highest BCUT2D eigenvalue weighted by Gasteiger charge is 2.21. The predicted molar refractivity (Wildman–Crippen MR) is 89.3 cm³/mol. The molecular weight excluding hydrogens is 330 g/mol. The molecule has 0 spiro atoms. The maximum Gasteiger partial charge on any atom is 0.365 e. The summed E-state index contributed by atoms with van der Waals surface area (Å²) in [4.78, 5) is 33.3. The molecule has 0 amide bonds. The summed E-state index contributed by atoms with van der Waals surface area (Å²) < 4.78 is 0. The Labute approximate surface area is 140 Å². The lowest BCUT2D eigenvalue weighted by atomic mass is 10.1. The fourth-order valence-electron chi connectivity index (χ4n) is 2.48. The van der Waals surface area contributed by atoms with Gasteiger partial charge in [-0.1, -0.05) is 29.8 Å². The van der Waals surface area contributed by atoms with E-state index >= 15 is 0 Å². The van der Waals surface area contributed by atoms with E-state index in [0.29, 0.717) is 32.1 Å². The normalized spacial score (nSPS) is 11.0. The number of nitrogens with zero attached hydrogens (tertiary/aromatic N) is 2. The van der Waals surface area contributed by atoms with Crippen LogP contribution < -0.4 is 10.4 Å². The zero-order valence-electron chi connectivity index (χ0n) is 12.2. The van der Waals surface area contributed by atoms with Gasteiger partial charge in [0.15, 0.2) is 0 Å². The third-order valence-corrected chi connectivity index (χ3v) is 3.87. The quantitative estimate of drug-likeness (QED) is 0.609. The summed E-state index contributed by atoms with van der Waals surface area (Å²) >= 11 is 6.02. The largest absolute Gasteiger partial charge is 0.365 e. The van der Waals surface area contributed by atoms with Crippen molar-refractivity contribution in [1.82, 2.24) is 14.9 Å². The van der Waals surface area contributed by atoms with Crippen LogP contribution in [0.15, 0.2) is 59.5 Å². The Morgan fingerprint density at radius 1 is 1.17 bits per heavy atom. The molecule has 0 atom stereocenters. The van der Waals surface area contributed by atoms with Gasteiger partial charge in [0.1, 0.15) is 5.69 Å². The second-order valence-corrected chi connectivity index (χ2v) is 5.60. The van der Waals surface area contributed by atoms with E-state index in [9.17, 15) is 9.59 Å². The Morgan fingerprint density at radius 3 is 2.75 bits per heavy atom. The summed E-state index contributed by atoms with van der Waals surface area (Å²) in [6.45, 7) is 0. The molecule has 2 aliphatic heterocycles. The number of fused-ring (bicyclic) bond motifs is 3. The molecule has 0 aliphatic carbocycles. The first-order valence-electron chi connectivity index (χ1n) is 7.11. The van der Waals surface area contributed by atoms with Crippen molar-refractivity contribution in [3.8, 4) is 11.3 Å². The number of hydrogen-bond donors (Lipinski definition) is 1. The van der Waals surface area contributed by atoms with Crippen LogP contribution in [0.1, 0.15) is 10.4 Å². The first-order chi connectivity index (χ1) is 11.6. The van der Waals surface area contributed by atoms with E-state index < -0.39 is 11.5 Å². The molecule has 1 N–H and O–H groups in total. The second kappa shape index (κ2) is 5.50. The molecule has 118 valence electrons. The fraction of sp³-hybridized carbons (Fsp3) is 0. The van der Waals surface area contributed by atoms with Crippen molar-refractivity contribution < 1.29 is 9.63 Å². The molecule has 7 heteroatoms. The fourth-order valence-corrected chi connectivity index (χ4v) is 2.65. The average molecular weight is 340 g/mol. The van der Waals surface area contributed by atoms with E-state index in [-0.39, 0.29) is 0 Å². The minimum Gasteiger partial charge on any atom is -0.360 e. The van der Waals surface area contributed by atoms with Gasteiger partial charge >= 0.3 is 11.5 Å². The molecule has 0 bridgehead atoms. The number of halogens is 1. The zero-order chi connectivity index (χ0) is 16.7. The van der Waals surface area contributed by atoms with Gasteiger partial charge < -0.3 is 9.82 Å². The van der Waals surface area contributed by atoms with E-state index in [1.165, 1.54) is 6.20 Å². The molecule has 0 unspecified atom stereocenters. The van der Waals surface area contributed by atoms with Crippen molar-refractivity contribution in [2.75, 3.05) is 0 Å². The molecule has 0 radical (unpaired) electrons. The number of carbonyl (C=O) groups excluding carboxylic acids is 1. The molecule has 2 aromatic carbocycles. The number of nitrogens with one attached hydrogen (secondary N) is 1. The van der Waals surface area contributed by atoms with Crippen LogP contribution in [0, 0.1) is 0 Å². The SMILES string of the molecule is O=C(On1nc2c3cc(Cl)ccc3[nH]cc-2c1=O)c1ccccc1. The number of hydrogen-bond acceptors (Lipinski definition) is 4. The van der Waals surface area contributed by atoms with Crippen LogP contribution in [0.25, 0.3) is 22.2 Å². The highest BCUT2D eigenvalue weighted by atomic mass is 35.5. The van der Waals surface area contributed by atoms with E-state index in [4.69, 9.17) is 16.4 Å². The number of aromatic amines is 1. The van der Waals surface area contributed by atoms with Gasteiger partial charge in [0, 0.05) is 22.1 Å². The smallest absolute Gasteiger partial charge is 0.360 e. The van der Waals surface area contributed by atoms with Crippen molar-refractivity contribution >= 4 is 28.5 Å². The lowest BCUT2D eigenvalue weighted by Gasteiger charge is -2.02. The molecule has 2 aromatic rings. The average Bonchev–Trinajstić information content (AvgIpc) is 2.92. The minimum atomic E-state index is -0.660. The highest BCUT2D eigenvalue weighted by Crippen LogP contribution is 2.27. The number of rotatable bonds is 2. The lowest BCUT2D eigenvalue weighted by Crippen LogP contribution is -2.29. The number of aromatic nitrogens is 3. The van der Waals surface area contributed by atoms with Crippen LogP contribution >= 0.6 is 11.6 Å².